The van der Waals surface area contributed by atoms with Crippen molar-refractivity contribution >= 4 is 40.3 Å². The van der Waals surface area contributed by atoms with Crippen LogP contribution in [0.25, 0.3) is 5.57 Å². The number of aromatic carboxylic acids is 1. The van der Waals surface area contributed by atoms with Crippen molar-refractivity contribution in [2.45, 2.75) is 6.10 Å². The third kappa shape index (κ3) is 3.53. The Kier molecular flexibility index (Phi) is 5.01. The highest BCUT2D eigenvalue weighted by molar-refractivity contribution is 7.80. The normalized spacial score (nSPS) is 21.7. The molecular formula is C22H18N2O5S. The highest BCUT2D eigenvalue weighted by Crippen LogP contribution is 2.45. The van der Waals surface area contributed by atoms with E-state index in [1.165, 1.54) is 30.4 Å². The van der Waals surface area contributed by atoms with Gasteiger partial charge >= 0.3 is 5.97 Å². The number of allylic oxidation sites excluding steroid dienone is 4. The van der Waals surface area contributed by atoms with Gasteiger partial charge in [0.2, 0.25) is 0 Å². The maximum Gasteiger partial charge on any atom is 0.336 e. The summed E-state index contributed by atoms with van der Waals surface area (Å²) in [6.45, 7) is 0. The number of hydrogen-bond donors (Lipinski definition) is 4. The number of ketones is 1. The van der Waals surface area contributed by atoms with Crippen LogP contribution in [0.15, 0.2) is 71.7 Å². The first kappa shape index (κ1) is 19.7. The lowest BCUT2D eigenvalue weighted by molar-refractivity contribution is -0.110. The molecule has 4 rings (SSSR count). The molecule has 4 N–H and O–H groups in total. The molecule has 0 aromatic heterocycles. The lowest BCUT2D eigenvalue weighted by atomic mass is 9.78. The monoisotopic (exact) mass is 422 g/mol. The van der Waals surface area contributed by atoms with E-state index >= 15 is 0 Å². The number of hydrogen-bond acceptors (Lipinski definition) is 5. The van der Waals surface area contributed by atoms with Crippen molar-refractivity contribution in [3.63, 3.8) is 0 Å². The van der Waals surface area contributed by atoms with Crippen LogP contribution in [0.5, 0.6) is 0 Å². The lowest BCUT2D eigenvalue weighted by Gasteiger charge is -2.36. The summed E-state index contributed by atoms with van der Waals surface area (Å²) >= 11 is 5.10. The number of aliphatic hydroxyl groups excluding tert-OH is 1. The van der Waals surface area contributed by atoms with Gasteiger partial charge in [-0.1, -0.05) is 18.2 Å². The van der Waals surface area contributed by atoms with E-state index in [0.29, 0.717) is 27.7 Å². The Balaban J connectivity index is 1.90. The Morgan fingerprint density at radius 3 is 2.77 bits per heavy atom. The van der Waals surface area contributed by atoms with E-state index in [1.807, 2.05) is 0 Å². The van der Waals surface area contributed by atoms with Gasteiger partial charge in [-0.2, -0.15) is 0 Å². The molecule has 1 aliphatic heterocycles. The number of benzene rings is 1. The van der Waals surface area contributed by atoms with Crippen LogP contribution in [-0.4, -0.2) is 40.2 Å². The molecule has 0 bridgehead atoms. The fourth-order valence-corrected chi connectivity index (χ4v) is 3.82. The van der Waals surface area contributed by atoms with E-state index in [4.69, 9.17) is 17.0 Å². The van der Waals surface area contributed by atoms with Crippen molar-refractivity contribution in [2.75, 3.05) is 12.4 Å². The van der Waals surface area contributed by atoms with Gasteiger partial charge in [0.25, 0.3) is 0 Å². The fourth-order valence-electron chi connectivity index (χ4n) is 3.70. The Morgan fingerprint density at radius 2 is 2.03 bits per heavy atom. The Labute approximate surface area is 177 Å². The summed E-state index contributed by atoms with van der Waals surface area (Å²) in [7, 11) is 1.67. The largest absolute Gasteiger partial charge is 0.508 e. The molecule has 0 saturated carbocycles. The number of carboxylic acids is 1. The van der Waals surface area contributed by atoms with Gasteiger partial charge in [-0.25, -0.2) is 4.79 Å². The molecule has 0 radical (unpaired) electrons. The molecule has 2 atom stereocenters. The first-order valence-electron chi connectivity index (χ1n) is 9.17. The van der Waals surface area contributed by atoms with Crippen LogP contribution in [0.2, 0.25) is 0 Å². The molecule has 0 amide bonds. The number of nitrogens with one attached hydrogen (secondary N) is 2. The van der Waals surface area contributed by atoms with Crippen molar-refractivity contribution in [1.29, 1.82) is 0 Å². The Hall–Kier alpha value is -3.65. The summed E-state index contributed by atoms with van der Waals surface area (Å²) in [6, 6.07) is 4.97. The molecule has 2 aliphatic carbocycles. The van der Waals surface area contributed by atoms with Crippen LogP contribution >= 0.6 is 12.2 Å². The average molecular weight is 422 g/mol. The van der Waals surface area contributed by atoms with Crippen LogP contribution in [0, 0.1) is 5.92 Å². The zero-order chi connectivity index (χ0) is 21.4. The number of carbonyl (C=O) groups is 2. The molecule has 1 aromatic carbocycles. The number of carbonyl (C=O) groups excluding carboxylic acids is 1. The van der Waals surface area contributed by atoms with E-state index < -0.39 is 18.0 Å². The summed E-state index contributed by atoms with van der Waals surface area (Å²) in [4.78, 5) is 24.0. The first-order valence-corrected chi connectivity index (χ1v) is 9.58. The van der Waals surface area contributed by atoms with E-state index in [2.05, 4.69) is 10.6 Å². The number of ether oxygens (including phenoxy) is 1. The van der Waals surface area contributed by atoms with Gasteiger partial charge in [0, 0.05) is 30.5 Å². The van der Waals surface area contributed by atoms with Crippen molar-refractivity contribution in [3.8, 4) is 0 Å². The van der Waals surface area contributed by atoms with Gasteiger partial charge in [-0.05, 0) is 47.6 Å². The standard InChI is InChI=1S/C22H18N2O5S/c1-23-22(30)24-11-2-5-14(17(8-11)21(27)28)20-15-6-3-12(25)9-18(15)29-19-10-13(26)4-7-16(19)20/h2-10,15,19,26H,1H3,(H,27,28)(H2,23,24,30). The second-order valence-electron chi connectivity index (χ2n) is 6.89. The van der Waals surface area contributed by atoms with Gasteiger partial charge in [0.1, 0.15) is 17.6 Å². The molecule has 8 heteroatoms. The summed E-state index contributed by atoms with van der Waals surface area (Å²) < 4.78 is 5.94. The predicted octanol–water partition coefficient (Wildman–Crippen LogP) is 3.10. The highest BCUT2D eigenvalue weighted by Gasteiger charge is 2.36. The Bertz CT molecular complexity index is 1130. The third-order valence-electron chi connectivity index (χ3n) is 5.02. The van der Waals surface area contributed by atoms with Crippen LogP contribution in [0.4, 0.5) is 5.69 Å². The number of fused-ring (bicyclic) bond motifs is 2. The summed E-state index contributed by atoms with van der Waals surface area (Å²) in [6.07, 6.45) is 8.69. The molecule has 30 heavy (non-hydrogen) atoms. The third-order valence-corrected chi connectivity index (χ3v) is 5.32. The van der Waals surface area contributed by atoms with Crippen molar-refractivity contribution in [1.82, 2.24) is 5.32 Å². The van der Waals surface area contributed by atoms with Gasteiger partial charge < -0.3 is 25.6 Å². The topological polar surface area (TPSA) is 108 Å². The molecule has 2 unspecified atom stereocenters. The number of rotatable bonds is 3. The minimum atomic E-state index is -1.10. The fraction of sp³-hybridized carbons (Fsp3) is 0.136. The van der Waals surface area contributed by atoms with Gasteiger partial charge in [0.15, 0.2) is 10.9 Å². The van der Waals surface area contributed by atoms with E-state index in [-0.39, 0.29) is 17.1 Å². The maximum atomic E-state index is 12.1. The SMILES string of the molecule is CNC(=S)Nc1ccc(C2=C3C=CC(O)=CC3OC3=CC(=O)C=CC32)c(C(=O)O)c1. The minimum absolute atomic E-state index is 0.0402. The van der Waals surface area contributed by atoms with Crippen molar-refractivity contribution in [3.05, 3.63) is 82.9 Å². The molecule has 152 valence electrons. The highest BCUT2D eigenvalue weighted by atomic mass is 32.1. The number of aliphatic hydroxyl groups is 1. The molecular weight excluding hydrogens is 404 g/mol. The van der Waals surface area contributed by atoms with E-state index in [0.717, 1.165) is 5.57 Å². The zero-order valence-electron chi connectivity index (χ0n) is 15.9. The molecule has 0 fully saturated rings. The van der Waals surface area contributed by atoms with Gasteiger partial charge in [-0.15, -0.1) is 0 Å². The van der Waals surface area contributed by atoms with Crippen LogP contribution < -0.4 is 10.6 Å². The lowest BCUT2D eigenvalue weighted by Crippen LogP contribution is -2.29. The Morgan fingerprint density at radius 1 is 1.23 bits per heavy atom. The smallest absolute Gasteiger partial charge is 0.336 e. The predicted molar refractivity (Wildman–Crippen MR) is 116 cm³/mol. The van der Waals surface area contributed by atoms with Crippen molar-refractivity contribution in [2.24, 2.45) is 5.92 Å². The average Bonchev–Trinajstić information content (AvgIpc) is 2.71. The second kappa shape index (κ2) is 7.64. The maximum absolute atomic E-state index is 12.1. The molecule has 7 nitrogen and oxygen atoms in total. The number of anilines is 1. The van der Waals surface area contributed by atoms with Crippen LogP contribution in [-0.2, 0) is 9.53 Å². The quantitative estimate of drug-likeness (QED) is 0.551. The molecule has 0 saturated heterocycles. The molecule has 1 heterocycles. The van der Waals surface area contributed by atoms with Gasteiger partial charge in [-0.3, -0.25) is 4.79 Å². The number of carboxylic acid groups (broad SMARTS) is 1. The second-order valence-corrected chi connectivity index (χ2v) is 7.30. The molecule has 3 aliphatic rings. The summed E-state index contributed by atoms with van der Waals surface area (Å²) in [5.74, 6) is -1.26. The molecule has 0 spiro atoms. The first-order chi connectivity index (χ1) is 14.4. The minimum Gasteiger partial charge on any atom is -0.508 e. The van der Waals surface area contributed by atoms with Crippen LogP contribution in [0.3, 0.4) is 0 Å². The summed E-state index contributed by atoms with van der Waals surface area (Å²) in [5, 5.41) is 25.9. The van der Waals surface area contributed by atoms with Gasteiger partial charge in [0.05, 0.1) is 11.5 Å². The number of thiocarbonyl (C=S) groups is 1. The van der Waals surface area contributed by atoms with E-state index in [9.17, 15) is 19.8 Å². The zero-order valence-corrected chi connectivity index (χ0v) is 16.7. The van der Waals surface area contributed by atoms with Crippen molar-refractivity contribution < 1.29 is 24.5 Å². The molecule has 1 aromatic rings. The summed E-state index contributed by atoms with van der Waals surface area (Å²) in [5.41, 5.74) is 2.55. The van der Waals surface area contributed by atoms with E-state index in [1.54, 1.807) is 31.3 Å². The van der Waals surface area contributed by atoms with Crippen LogP contribution in [0.1, 0.15) is 15.9 Å².